The highest BCUT2D eigenvalue weighted by Gasteiger charge is 2.26. The van der Waals surface area contributed by atoms with E-state index in [4.69, 9.17) is 4.74 Å². The molecule has 2 N–H and O–H groups in total. The molecule has 2 heterocycles. The predicted molar refractivity (Wildman–Crippen MR) is 84.2 cm³/mol. The van der Waals surface area contributed by atoms with Crippen molar-refractivity contribution in [3.63, 3.8) is 0 Å². The smallest absolute Gasteiger partial charge is 0.276 e. The van der Waals surface area contributed by atoms with Crippen LogP contribution in [-0.2, 0) is 4.79 Å². The zero-order valence-corrected chi connectivity index (χ0v) is 12.9. The molecular weight excluding hydrogens is 296 g/mol. The summed E-state index contributed by atoms with van der Waals surface area (Å²) in [4.78, 5) is 22.9. The summed E-state index contributed by atoms with van der Waals surface area (Å²) in [6, 6.07) is 8.87. The molecule has 1 aliphatic rings. The summed E-state index contributed by atoms with van der Waals surface area (Å²) in [5.41, 5.74) is 1.02. The van der Waals surface area contributed by atoms with Gasteiger partial charge in [-0.1, -0.05) is 0 Å². The van der Waals surface area contributed by atoms with Crippen molar-refractivity contribution < 1.29 is 14.3 Å². The van der Waals surface area contributed by atoms with Crippen LogP contribution in [0.1, 0.15) is 36.8 Å². The number of benzene rings is 1. The number of aromatic nitrogens is 2. The molecule has 0 unspecified atom stereocenters. The topological polar surface area (TPSA) is 85.2 Å². The first kappa shape index (κ1) is 15.1. The van der Waals surface area contributed by atoms with E-state index in [0.717, 1.165) is 0 Å². The van der Waals surface area contributed by atoms with E-state index in [-0.39, 0.29) is 24.1 Å². The molecule has 0 radical (unpaired) electrons. The molecule has 1 fully saturated rings. The molecule has 1 saturated heterocycles. The molecule has 1 aromatic carbocycles. The van der Waals surface area contributed by atoms with Crippen LogP contribution in [0, 0.1) is 0 Å². The van der Waals surface area contributed by atoms with E-state index in [1.807, 2.05) is 13.8 Å². The molecule has 1 aromatic heterocycles. The Morgan fingerprint density at radius 2 is 2.04 bits per heavy atom. The Hall–Kier alpha value is -2.83. The average Bonchev–Trinajstić information content (AvgIpc) is 2.98. The highest BCUT2D eigenvalue weighted by Crippen LogP contribution is 2.19. The quantitative estimate of drug-likeness (QED) is 0.826. The van der Waals surface area contributed by atoms with Gasteiger partial charge in [-0.2, -0.15) is 5.10 Å². The Balaban J connectivity index is 1.58. The zero-order valence-electron chi connectivity index (χ0n) is 12.9. The maximum atomic E-state index is 12.1. The van der Waals surface area contributed by atoms with Gasteiger partial charge in [0.15, 0.2) is 11.9 Å². The largest absolute Gasteiger partial charge is 0.470 e. The summed E-state index contributed by atoms with van der Waals surface area (Å²) in [7, 11) is 0. The molecule has 0 bridgehead atoms. The maximum absolute atomic E-state index is 12.1. The third-order valence-corrected chi connectivity index (χ3v) is 3.45. The fourth-order valence-electron chi connectivity index (χ4n) is 2.12. The van der Waals surface area contributed by atoms with Gasteiger partial charge in [-0.05, 0) is 44.2 Å². The number of carbonyl (C=O) groups excluding carboxylic acids is 2. The van der Waals surface area contributed by atoms with Crippen molar-refractivity contribution in [1.29, 1.82) is 0 Å². The summed E-state index contributed by atoms with van der Waals surface area (Å²) in [6.45, 7) is 4.00. The molecule has 120 valence electrons. The minimum atomic E-state index is -0.261. The molecule has 2 aromatic rings. The molecule has 1 atom stereocenters. The lowest BCUT2D eigenvalue weighted by atomic mass is 10.2. The van der Waals surface area contributed by atoms with Crippen molar-refractivity contribution in [2.45, 2.75) is 32.5 Å². The summed E-state index contributed by atoms with van der Waals surface area (Å²) in [5, 5.41) is 9.64. The second-order valence-electron chi connectivity index (χ2n) is 5.63. The second-order valence-corrected chi connectivity index (χ2v) is 5.63. The number of nitrogens with one attached hydrogen (secondary N) is 2. The lowest BCUT2D eigenvalue weighted by Crippen LogP contribution is -2.51. The van der Waals surface area contributed by atoms with E-state index in [2.05, 4.69) is 15.7 Å². The van der Waals surface area contributed by atoms with Crippen LogP contribution < -0.4 is 15.4 Å². The molecule has 0 saturated carbocycles. The number of hydrogen-bond donors (Lipinski definition) is 2. The van der Waals surface area contributed by atoms with Crippen LogP contribution in [0.25, 0.3) is 0 Å². The van der Waals surface area contributed by atoms with Gasteiger partial charge in [0.1, 0.15) is 5.75 Å². The highest BCUT2D eigenvalue weighted by atomic mass is 16.5. The zero-order chi connectivity index (χ0) is 16.4. The first-order valence-electron chi connectivity index (χ1n) is 7.44. The molecule has 2 amide bonds. The number of rotatable bonds is 5. The lowest BCUT2D eigenvalue weighted by molar-refractivity contribution is -0.134. The van der Waals surface area contributed by atoms with Crippen molar-refractivity contribution in [3.05, 3.63) is 42.2 Å². The predicted octanol–water partition coefficient (Wildman–Crippen LogP) is 1.94. The SMILES string of the molecule is CC(C)n1ccc(C(=O)Nc2ccc(O[C@H]3CC(=O)N3)cc2)n1. The third-order valence-electron chi connectivity index (χ3n) is 3.45. The number of amides is 2. The fourth-order valence-corrected chi connectivity index (χ4v) is 2.12. The minimum Gasteiger partial charge on any atom is -0.470 e. The van der Waals surface area contributed by atoms with E-state index in [1.165, 1.54) is 0 Å². The molecule has 0 aliphatic carbocycles. The molecule has 0 spiro atoms. The molecule has 1 aliphatic heterocycles. The van der Waals surface area contributed by atoms with Gasteiger partial charge >= 0.3 is 0 Å². The Morgan fingerprint density at radius 3 is 2.61 bits per heavy atom. The first-order chi connectivity index (χ1) is 11.0. The van der Waals surface area contributed by atoms with Gasteiger partial charge in [-0.25, -0.2) is 0 Å². The Labute approximate surface area is 133 Å². The fraction of sp³-hybridized carbons (Fsp3) is 0.312. The van der Waals surface area contributed by atoms with Crippen LogP contribution in [0.2, 0.25) is 0 Å². The summed E-state index contributed by atoms with van der Waals surface area (Å²) in [5.74, 6) is 0.362. The van der Waals surface area contributed by atoms with Crippen molar-refractivity contribution in [1.82, 2.24) is 15.1 Å². The maximum Gasteiger partial charge on any atom is 0.276 e. The van der Waals surface area contributed by atoms with Crippen LogP contribution in [0.15, 0.2) is 36.5 Å². The molecule has 7 nitrogen and oxygen atoms in total. The number of carbonyl (C=O) groups is 2. The van der Waals surface area contributed by atoms with Gasteiger partial charge < -0.3 is 15.4 Å². The van der Waals surface area contributed by atoms with E-state index >= 15 is 0 Å². The van der Waals surface area contributed by atoms with Crippen molar-refractivity contribution in [3.8, 4) is 5.75 Å². The standard InChI is InChI=1S/C16H18N4O3/c1-10(2)20-8-7-13(19-20)16(22)17-11-3-5-12(6-4-11)23-15-9-14(21)18-15/h3-8,10,15H,9H2,1-2H3,(H,17,22)(H,18,21)/t15-/m0/s1. The Morgan fingerprint density at radius 1 is 1.35 bits per heavy atom. The number of nitrogens with zero attached hydrogens (tertiary/aromatic N) is 2. The van der Waals surface area contributed by atoms with E-state index in [9.17, 15) is 9.59 Å². The van der Waals surface area contributed by atoms with E-state index in [0.29, 0.717) is 23.6 Å². The third kappa shape index (κ3) is 3.50. The van der Waals surface area contributed by atoms with Crippen LogP contribution in [-0.4, -0.2) is 27.8 Å². The van der Waals surface area contributed by atoms with Gasteiger partial charge in [-0.15, -0.1) is 0 Å². The van der Waals surface area contributed by atoms with Crippen LogP contribution in [0.5, 0.6) is 5.75 Å². The summed E-state index contributed by atoms with van der Waals surface area (Å²) in [6.07, 6.45) is 1.89. The minimum absolute atomic E-state index is 0.0141. The van der Waals surface area contributed by atoms with Crippen LogP contribution in [0.3, 0.4) is 0 Å². The summed E-state index contributed by atoms with van der Waals surface area (Å²) < 4.78 is 7.27. The van der Waals surface area contributed by atoms with Crippen molar-refractivity contribution >= 4 is 17.5 Å². The number of hydrogen-bond acceptors (Lipinski definition) is 4. The van der Waals surface area contributed by atoms with E-state index in [1.54, 1.807) is 41.2 Å². The number of β-lactam (4-membered cyclic amide) rings is 1. The highest BCUT2D eigenvalue weighted by molar-refractivity contribution is 6.02. The molecular formula is C16H18N4O3. The monoisotopic (exact) mass is 314 g/mol. The van der Waals surface area contributed by atoms with Crippen LogP contribution in [0.4, 0.5) is 5.69 Å². The number of ether oxygens (including phenoxy) is 1. The van der Waals surface area contributed by atoms with Gasteiger partial charge in [0.2, 0.25) is 5.91 Å². The summed E-state index contributed by atoms with van der Waals surface area (Å²) >= 11 is 0. The normalized spacial score (nSPS) is 16.7. The first-order valence-corrected chi connectivity index (χ1v) is 7.44. The van der Waals surface area contributed by atoms with Crippen LogP contribution >= 0.6 is 0 Å². The van der Waals surface area contributed by atoms with Gasteiger partial charge in [0.25, 0.3) is 5.91 Å². The Bertz CT molecular complexity index is 713. The van der Waals surface area contributed by atoms with Crippen molar-refractivity contribution in [2.75, 3.05) is 5.32 Å². The van der Waals surface area contributed by atoms with Gasteiger partial charge in [-0.3, -0.25) is 14.3 Å². The molecule has 3 rings (SSSR count). The average molecular weight is 314 g/mol. The molecule has 23 heavy (non-hydrogen) atoms. The Kier molecular flexibility index (Phi) is 4.01. The molecule has 7 heteroatoms. The second kappa shape index (κ2) is 6.12. The van der Waals surface area contributed by atoms with Gasteiger partial charge in [0.05, 0.1) is 6.42 Å². The lowest BCUT2D eigenvalue weighted by Gasteiger charge is -2.27. The van der Waals surface area contributed by atoms with Crippen molar-refractivity contribution in [2.24, 2.45) is 0 Å². The number of anilines is 1. The van der Waals surface area contributed by atoms with Gasteiger partial charge in [0, 0.05) is 17.9 Å². The van der Waals surface area contributed by atoms with E-state index < -0.39 is 0 Å².